The van der Waals surface area contributed by atoms with Crippen LogP contribution in [0.4, 0.5) is 10.5 Å². The molecule has 0 bridgehead atoms. The minimum absolute atomic E-state index is 0.149. The second-order valence-corrected chi connectivity index (χ2v) is 10.5. The van der Waals surface area contributed by atoms with Gasteiger partial charge in [0.25, 0.3) is 5.91 Å². The molecule has 1 aliphatic carbocycles. The lowest BCUT2D eigenvalue weighted by molar-refractivity contribution is -0.141. The summed E-state index contributed by atoms with van der Waals surface area (Å²) < 4.78 is 5.33. The normalized spacial score (nSPS) is 14.6. The van der Waals surface area contributed by atoms with Crippen molar-refractivity contribution in [3.05, 3.63) is 77.9 Å². The number of benzene rings is 3. The van der Waals surface area contributed by atoms with Gasteiger partial charge in [-0.2, -0.15) is 0 Å². The molecule has 0 aromatic heterocycles. The van der Waals surface area contributed by atoms with Gasteiger partial charge in [-0.15, -0.1) is 6.42 Å². The van der Waals surface area contributed by atoms with Crippen LogP contribution in [0.25, 0.3) is 10.8 Å². The zero-order valence-electron chi connectivity index (χ0n) is 22.2. The van der Waals surface area contributed by atoms with Crippen molar-refractivity contribution in [1.29, 1.82) is 0 Å². The minimum Gasteiger partial charge on any atom is -0.444 e. The average molecular weight is 512 g/mol. The molecule has 0 spiro atoms. The van der Waals surface area contributed by atoms with E-state index in [1.807, 2.05) is 42.5 Å². The third-order valence-corrected chi connectivity index (χ3v) is 6.25. The van der Waals surface area contributed by atoms with Crippen molar-refractivity contribution in [3.63, 3.8) is 0 Å². The maximum Gasteiger partial charge on any atom is 0.408 e. The summed E-state index contributed by atoms with van der Waals surface area (Å²) in [7, 11) is 0. The Hall–Kier alpha value is -4.31. The number of terminal acetylenes is 1. The first kappa shape index (κ1) is 26.7. The number of rotatable bonds is 7. The number of anilines is 1. The number of nitrogens with zero attached hydrogens (tertiary/aromatic N) is 1. The monoisotopic (exact) mass is 511 g/mol. The highest BCUT2D eigenvalue weighted by Gasteiger charge is 2.43. The van der Waals surface area contributed by atoms with Crippen LogP contribution in [0.1, 0.15) is 57.7 Å². The first-order chi connectivity index (χ1) is 18.1. The van der Waals surface area contributed by atoms with Crippen molar-refractivity contribution < 1.29 is 19.1 Å². The number of ether oxygens (including phenoxy) is 1. The predicted octanol–water partition coefficient (Wildman–Crippen LogP) is 5.41. The maximum atomic E-state index is 13.9. The van der Waals surface area contributed by atoms with E-state index in [-0.39, 0.29) is 17.9 Å². The van der Waals surface area contributed by atoms with Crippen LogP contribution in [0.15, 0.2) is 66.7 Å². The largest absolute Gasteiger partial charge is 0.444 e. The van der Waals surface area contributed by atoms with Crippen LogP contribution in [-0.4, -0.2) is 40.5 Å². The maximum absolute atomic E-state index is 13.9. The highest BCUT2D eigenvalue weighted by atomic mass is 16.6. The van der Waals surface area contributed by atoms with Crippen LogP contribution in [0, 0.1) is 12.3 Å². The molecular formula is C31H33N3O4. The Morgan fingerprint density at radius 1 is 1.00 bits per heavy atom. The summed E-state index contributed by atoms with van der Waals surface area (Å²) in [6.07, 6.45) is 6.60. The van der Waals surface area contributed by atoms with Crippen molar-refractivity contribution in [2.24, 2.45) is 0 Å². The van der Waals surface area contributed by atoms with Crippen molar-refractivity contribution in [2.75, 3.05) is 5.32 Å². The standard InChI is InChI=1S/C31H33N3O4/c1-6-21-11-9-10-14-26(21)27(28(35)33-24-16-15-22-12-7-8-13-23(22)19-24)34(25-17-18-25)29(36)20(2)32-30(37)38-31(3,4)5/h1,7-16,19-20,25,27H,17-18H2,2-5H3,(H,32,37)(H,33,35). The van der Waals surface area contributed by atoms with Crippen molar-refractivity contribution in [1.82, 2.24) is 10.2 Å². The van der Waals surface area contributed by atoms with E-state index in [1.54, 1.807) is 56.9 Å². The zero-order valence-corrected chi connectivity index (χ0v) is 22.2. The summed E-state index contributed by atoms with van der Waals surface area (Å²) in [5.41, 5.74) is 0.979. The van der Waals surface area contributed by atoms with E-state index in [0.717, 1.165) is 23.6 Å². The minimum atomic E-state index is -0.989. The Balaban J connectivity index is 1.67. The number of fused-ring (bicyclic) bond motifs is 1. The number of hydrogen-bond acceptors (Lipinski definition) is 4. The third kappa shape index (κ3) is 6.33. The Kier molecular flexibility index (Phi) is 7.72. The summed E-state index contributed by atoms with van der Waals surface area (Å²) in [5.74, 6) is 1.88. The first-order valence-corrected chi connectivity index (χ1v) is 12.7. The Morgan fingerprint density at radius 2 is 1.66 bits per heavy atom. The van der Waals surface area contributed by atoms with Gasteiger partial charge in [-0.25, -0.2) is 4.79 Å². The quantitative estimate of drug-likeness (QED) is 0.416. The molecule has 0 heterocycles. The molecule has 0 radical (unpaired) electrons. The number of alkyl carbamates (subject to hydrolysis) is 1. The Morgan fingerprint density at radius 3 is 2.32 bits per heavy atom. The smallest absolute Gasteiger partial charge is 0.408 e. The summed E-state index contributed by atoms with van der Waals surface area (Å²) in [6, 6.07) is 18.6. The van der Waals surface area contributed by atoms with Gasteiger partial charge in [-0.3, -0.25) is 9.59 Å². The SMILES string of the molecule is C#Cc1ccccc1C(C(=O)Nc1ccc2ccccc2c1)N(C(=O)C(C)NC(=O)OC(C)(C)C)C1CC1. The molecule has 1 fully saturated rings. The molecule has 196 valence electrons. The van der Waals surface area contributed by atoms with E-state index in [0.29, 0.717) is 16.8 Å². The van der Waals surface area contributed by atoms with Crippen LogP contribution in [-0.2, 0) is 14.3 Å². The van der Waals surface area contributed by atoms with Crippen LogP contribution in [0.3, 0.4) is 0 Å². The Labute approximate surface area is 223 Å². The molecule has 3 aromatic carbocycles. The zero-order chi connectivity index (χ0) is 27.4. The summed E-state index contributed by atoms with van der Waals surface area (Å²) >= 11 is 0. The number of amides is 3. The molecule has 7 heteroatoms. The van der Waals surface area contributed by atoms with Crippen molar-refractivity contribution in [2.45, 2.75) is 64.3 Å². The fourth-order valence-corrected chi connectivity index (χ4v) is 4.40. The average Bonchev–Trinajstić information content (AvgIpc) is 3.70. The topological polar surface area (TPSA) is 87.7 Å². The van der Waals surface area contributed by atoms with Crippen LogP contribution in [0.2, 0.25) is 0 Å². The molecule has 3 aromatic rings. The number of carbonyl (C=O) groups excluding carboxylic acids is 3. The van der Waals surface area contributed by atoms with Gasteiger partial charge in [0.15, 0.2) is 0 Å². The molecule has 7 nitrogen and oxygen atoms in total. The molecule has 38 heavy (non-hydrogen) atoms. The van der Waals surface area contributed by atoms with Gasteiger partial charge in [0.1, 0.15) is 17.7 Å². The summed E-state index contributed by atoms with van der Waals surface area (Å²) in [5, 5.41) is 7.65. The fourth-order valence-electron chi connectivity index (χ4n) is 4.40. The van der Waals surface area contributed by atoms with E-state index >= 15 is 0 Å². The van der Waals surface area contributed by atoms with E-state index in [1.165, 1.54) is 0 Å². The van der Waals surface area contributed by atoms with E-state index in [9.17, 15) is 14.4 Å². The van der Waals surface area contributed by atoms with E-state index < -0.39 is 23.8 Å². The molecule has 2 unspecified atom stereocenters. The van der Waals surface area contributed by atoms with Crippen LogP contribution >= 0.6 is 0 Å². The second-order valence-electron chi connectivity index (χ2n) is 10.5. The molecule has 1 aliphatic rings. The third-order valence-electron chi connectivity index (χ3n) is 6.25. The molecule has 2 atom stereocenters. The molecule has 0 saturated heterocycles. The molecule has 0 aliphatic heterocycles. The number of nitrogens with one attached hydrogen (secondary N) is 2. The number of hydrogen-bond donors (Lipinski definition) is 2. The highest BCUT2D eigenvalue weighted by molar-refractivity contribution is 6.00. The lowest BCUT2D eigenvalue weighted by atomic mass is 9.97. The van der Waals surface area contributed by atoms with Gasteiger partial charge in [-0.05, 0) is 75.1 Å². The van der Waals surface area contributed by atoms with Gasteiger partial charge in [0, 0.05) is 17.3 Å². The van der Waals surface area contributed by atoms with Gasteiger partial charge < -0.3 is 20.3 Å². The van der Waals surface area contributed by atoms with Crippen molar-refractivity contribution in [3.8, 4) is 12.3 Å². The van der Waals surface area contributed by atoms with Crippen LogP contribution < -0.4 is 10.6 Å². The lowest BCUT2D eigenvalue weighted by Gasteiger charge is -2.34. The molecule has 2 N–H and O–H groups in total. The fraction of sp³-hybridized carbons (Fsp3) is 0.323. The number of carbonyl (C=O) groups is 3. The lowest BCUT2D eigenvalue weighted by Crippen LogP contribution is -2.52. The van der Waals surface area contributed by atoms with Gasteiger partial charge in [0.2, 0.25) is 5.91 Å². The molecule has 3 amide bonds. The first-order valence-electron chi connectivity index (χ1n) is 12.7. The van der Waals surface area contributed by atoms with E-state index in [4.69, 9.17) is 11.2 Å². The van der Waals surface area contributed by atoms with E-state index in [2.05, 4.69) is 16.6 Å². The molecule has 1 saturated carbocycles. The van der Waals surface area contributed by atoms with Gasteiger partial charge >= 0.3 is 6.09 Å². The van der Waals surface area contributed by atoms with Gasteiger partial charge in [0.05, 0.1) is 0 Å². The highest BCUT2D eigenvalue weighted by Crippen LogP contribution is 2.37. The van der Waals surface area contributed by atoms with Crippen molar-refractivity contribution >= 4 is 34.4 Å². The molecule has 4 rings (SSSR count). The predicted molar refractivity (Wildman–Crippen MR) is 148 cm³/mol. The summed E-state index contributed by atoms with van der Waals surface area (Å²) in [4.78, 5) is 41.7. The second kappa shape index (κ2) is 11.0. The summed E-state index contributed by atoms with van der Waals surface area (Å²) in [6.45, 7) is 6.84. The van der Waals surface area contributed by atoms with Gasteiger partial charge in [-0.1, -0.05) is 54.5 Å². The van der Waals surface area contributed by atoms with Crippen LogP contribution in [0.5, 0.6) is 0 Å². The molecular weight excluding hydrogens is 478 g/mol. The Bertz CT molecular complexity index is 1400.